The van der Waals surface area contributed by atoms with Gasteiger partial charge in [-0.05, 0) is 38.3 Å². The van der Waals surface area contributed by atoms with Crippen molar-refractivity contribution in [2.24, 2.45) is 5.92 Å². The fraction of sp³-hybridized carbons (Fsp3) is 0.750. The van der Waals surface area contributed by atoms with Gasteiger partial charge < -0.3 is 10.4 Å². The van der Waals surface area contributed by atoms with Gasteiger partial charge in [0.15, 0.2) is 0 Å². The molecule has 0 saturated heterocycles. The molecule has 1 saturated carbocycles. The Morgan fingerprint density at radius 1 is 1.62 bits per heavy atom. The van der Waals surface area contributed by atoms with Crippen molar-refractivity contribution in [1.29, 1.82) is 0 Å². The molecule has 4 nitrogen and oxygen atoms in total. The highest BCUT2D eigenvalue weighted by atomic mass is 16.3. The van der Waals surface area contributed by atoms with Gasteiger partial charge in [0.1, 0.15) is 0 Å². The van der Waals surface area contributed by atoms with E-state index in [1.807, 2.05) is 30.2 Å². The Bertz CT molecular complexity index is 306. The maximum absolute atomic E-state index is 9.56. The van der Waals surface area contributed by atoms with E-state index in [0.29, 0.717) is 5.92 Å². The maximum Gasteiger partial charge on any atom is 0.0615 e. The molecule has 2 unspecified atom stereocenters. The summed E-state index contributed by atoms with van der Waals surface area (Å²) < 4.78 is 1.97. The van der Waals surface area contributed by atoms with Gasteiger partial charge in [-0.3, -0.25) is 4.68 Å². The summed E-state index contributed by atoms with van der Waals surface area (Å²) in [6.07, 6.45) is 8.40. The lowest BCUT2D eigenvalue weighted by atomic mass is 9.85. The zero-order valence-electron chi connectivity index (χ0n) is 9.89. The smallest absolute Gasteiger partial charge is 0.0615 e. The Labute approximate surface area is 96.7 Å². The van der Waals surface area contributed by atoms with E-state index in [1.54, 1.807) is 0 Å². The van der Waals surface area contributed by atoms with Gasteiger partial charge in [0, 0.05) is 24.5 Å². The van der Waals surface area contributed by atoms with E-state index >= 15 is 0 Å². The Balaban J connectivity index is 1.93. The average Bonchev–Trinajstić information content (AvgIpc) is 2.96. The lowest BCUT2D eigenvalue weighted by Gasteiger charge is -2.33. The van der Waals surface area contributed by atoms with Crippen LogP contribution in [0.3, 0.4) is 0 Å². The van der Waals surface area contributed by atoms with Crippen molar-refractivity contribution < 1.29 is 5.11 Å². The molecule has 1 fully saturated rings. The highest BCUT2D eigenvalue weighted by Crippen LogP contribution is 2.37. The molecular weight excluding hydrogens is 202 g/mol. The molecule has 0 amide bonds. The molecule has 2 N–H and O–H groups in total. The van der Waals surface area contributed by atoms with Crippen LogP contribution in [-0.4, -0.2) is 34.1 Å². The zero-order valence-corrected chi connectivity index (χ0v) is 9.89. The molecular formula is C12H21N3O. The molecule has 4 heteroatoms. The van der Waals surface area contributed by atoms with Gasteiger partial charge in [-0.25, -0.2) is 0 Å². The van der Waals surface area contributed by atoms with Crippen molar-refractivity contribution in [3.63, 3.8) is 0 Å². The van der Waals surface area contributed by atoms with Gasteiger partial charge in [0.2, 0.25) is 0 Å². The standard InChI is InChI=1S/C12H21N3O/c1-13-12(10-16)6-2-4-11(12)5-9-15-8-3-7-14-15/h3,7-8,11,13,16H,2,4-6,9-10H2,1H3. The summed E-state index contributed by atoms with van der Waals surface area (Å²) in [5, 5.41) is 17.1. The van der Waals surface area contributed by atoms with Gasteiger partial charge in [-0.15, -0.1) is 0 Å². The summed E-state index contributed by atoms with van der Waals surface area (Å²) in [6, 6.07) is 1.95. The number of likely N-dealkylation sites (N-methyl/N-ethyl adjacent to an activating group) is 1. The minimum Gasteiger partial charge on any atom is -0.394 e. The molecule has 2 atom stereocenters. The van der Waals surface area contributed by atoms with Crippen LogP contribution in [0.5, 0.6) is 0 Å². The van der Waals surface area contributed by atoms with Gasteiger partial charge >= 0.3 is 0 Å². The number of aryl methyl sites for hydroxylation is 1. The first-order valence-electron chi connectivity index (χ1n) is 6.08. The van der Waals surface area contributed by atoms with Gasteiger partial charge in [0.25, 0.3) is 0 Å². The Kier molecular flexibility index (Phi) is 3.61. The number of aromatic nitrogens is 2. The largest absolute Gasteiger partial charge is 0.394 e. The van der Waals surface area contributed by atoms with Crippen molar-refractivity contribution in [2.75, 3.05) is 13.7 Å². The molecule has 0 aliphatic heterocycles. The first-order valence-corrected chi connectivity index (χ1v) is 6.08. The van der Waals surface area contributed by atoms with Gasteiger partial charge in [-0.1, -0.05) is 6.42 Å². The maximum atomic E-state index is 9.56. The summed E-state index contributed by atoms with van der Waals surface area (Å²) in [5.41, 5.74) is -0.0485. The van der Waals surface area contributed by atoms with E-state index < -0.39 is 0 Å². The van der Waals surface area contributed by atoms with E-state index in [-0.39, 0.29) is 12.1 Å². The van der Waals surface area contributed by atoms with Gasteiger partial charge in [-0.2, -0.15) is 5.10 Å². The van der Waals surface area contributed by atoms with E-state index in [0.717, 1.165) is 19.4 Å². The molecule has 1 aromatic rings. The monoisotopic (exact) mass is 223 g/mol. The lowest BCUT2D eigenvalue weighted by Crippen LogP contribution is -2.49. The number of nitrogens with zero attached hydrogens (tertiary/aromatic N) is 2. The molecule has 0 bridgehead atoms. The quantitative estimate of drug-likeness (QED) is 0.783. The zero-order chi connectivity index (χ0) is 11.4. The molecule has 16 heavy (non-hydrogen) atoms. The van der Waals surface area contributed by atoms with Crippen LogP contribution in [0.25, 0.3) is 0 Å². The average molecular weight is 223 g/mol. The second-order valence-corrected chi connectivity index (χ2v) is 4.71. The first kappa shape index (κ1) is 11.6. The molecule has 0 aromatic carbocycles. The first-order chi connectivity index (χ1) is 7.80. The number of hydrogen-bond acceptors (Lipinski definition) is 3. The van der Waals surface area contributed by atoms with Crippen LogP contribution in [0.2, 0.25) is 0 Å². The molecule has 90 valence electrons. The van der Waals surface area contributed by atoms with Crippen LogP contribution in [-0.2, 0) is 6.54 Å². The fourth-order valence-electron chi connectivity index (χ4n) is 2.90. The van der Waals surface area contributed by atoms with E-state index in [4.69, 9.17) is 0 Å². The number of aliphatic hydroxyl groups excluding tert-OH is 1. The molecule has 1 aromatic heterocycles. The number of rotatable bonds is 5. The SMILES string of the molecule is CNC1(CO)CCCC1CCn1cccn1. The minimum absolute atomic E-state index is 0.0485. The van der Waals surface area contributed by atoms with Crippen molar-refractivity contribution in [3.8, 4) is 0 Å². The summed E-state index contributed by atoms with van der Waals surface area (Å²) in [5.74, 6) is 0.562. The van der Waals surface area contributed by atoms with E-state index in [1.165, 1.54) is 12.8 Å². The van der Waals surface area contributed by atoms with Crippen molar-refractivity contribution in [2.45, 2.75) is 37.8 Å². The van der Waals surface area contributed by atoms with Gasteiger partial charge in [0.05, 0.1) is 6.61 Å². The number of aliphatic hydroxyl groups is 1. The van der Waals surface area contributed by atoms with E-state index in [2.05, 4.69) is 10.4 Å². The third-order valence-corrected chi connectivity index (χ3v) is 4.00. The van der Waals surface area contributed by atoms with Crippen molar-refractivity contribution in [1.82, 2.24) is 15.1 Å². The third kappa shape index (κ3) is 2.13. The van der Waals surface area contributed by atoms with E-state index in [9.17, 15) is 5.11 Å². The normalized spacial score (nSPS) is 29.8. The molecule has 0 radical (unpaired) electrons. The lowest BCUT2D eigenvalue weighted by molar-refractivity contribution is 0.124. The Hall–Kier alpha value is -0.870. The fourth-order valence-corrected chi connectivity index (χ4v) is 2.90. The highest BCUT2D eigenvalue weighted by molar-refractivity contribution is 4.98. The predicted octanol–water partition coefficient (Wildman–Crippen LogP) is 1.02. The predicted molar refractivity (Wildman–Crippen MR) is 63.1 cm³/mol. The van der Waals surface area contributed by atoms with Crippen molar-refractivity contribution >= 4 is 0 Å². The van der Waals surface area contributed by atoms with Crippen molar-refractivity contribution in [3.05, 3.63) is 18.5 Å². The molecule has 2 rings (SSSR count). The van der Waals surface area contributed by atoms with Crippen LogP contribution in [0.4, 0.5) is 0 Å². The summed E-state index contributed by atoms with van der Waals surface area (Å²) in [4.78, 5) is 0. The minimum atomic E-state index is -0.0485. The Morgan fingerprint density at radius 2 is 2.50 bits per heavy atom. The Morgan fingerprint density at radius 3 is 3.12 bits per heavy atom. The second kappa shape index (κ2) is 4.97. The van der Waals surface area contributed by atoms with Crippen LogP contribution in [0, 0.1) is 5.92 Å². The van der Waals surface area contributed by atoms with Crippen LogP contribution in [0.15, 0.2) is 18.5 Å². The summed E-state index contributed by atoms with van der Waals surface area (Å²) >= 11 is 0. The summed E-state index contributed by atoms with van der Waals surface area (Å²) in [6.45, 7) is 1.19. The number of hydrogen-bond donors (Lipinski definition) is 2. The van der Waals surface area contributed by atoms with Crippen LogP contribution in [0.1, 0.15) is 25.7 Å². The molecule has 1 heterocycles. The van der Waals surface area contributed by atoms with Crippen LogP contribution >= 0.6 is 0 Å². The second-order valence-electron chi connectivity index (χ2n) is 4.71. The summed E-state index contributed by atoms with van der Waals surface area (Å²) in [7, 11) is 1.96. The van der Waals surface area contributed by atoms with Crippen LogP contribution < -0.4 is 5.32 Å². The topological polar surface area (TPSA) is 50.1 Å². The highest BCUT2D eigenvalue weighted by Gasteiger charge is 2.40. The molecule has 1 aliphatic rings. The molecule has 0 spiro atoms. The third-order valence-electron chi connectivity index (χ3n) is 4.00. The molecule has 1 aliphatic carbocycles. The number of nitrogens with one attached hydrogen (secondary N) is 1.